The highest BCUT2D eigenvalue weighted by Gasteiger charge is 2.59. The minimum atomic E-state index is -0.117. The molecule has 0 aromatic rings. The second-order valence-corrected chi connectivity index (χ2v) is 22.2. The number of hydrogen-bond donors (Lipinski definition) is 0. The van der Waals surface area contributed by atoms with Gasteiger partial charge in [0, 0.05) is 44.6 Å². The zero-order valence-corrected chi connectivity index (χ0v) is 41.4. The Kier molecular flexibility index (Phi) is 22.8. The van der Waals surface area contributed by atoms with E-state index in [9.17, 15) is 14.4 Å². The Bertz CT molecular complexity index is 1380. The van der Waals surface area contributed by atoms with Crippen LogP contribution in [0.2, 0.25) is 0 Å². The summed E-state index contributed by atoms with van der Waals surface area (Å²) < 4.78 is 11.6. The quantitative estimate of drug-likeness (QED) is 0.0440. The molecule has 8 atom stereocenters. The molecule has 3 unspecified atom stereocenters. The molecule has 0 radical (unpaired) electrons. The van der Waals surface area contributed by atoms with E-state index < -0.39 is 0 Å². The third kappa shape index (κ3) is 16.3. The van der Waals surface area contributed by atoms with Gasteiger partial charge in [-0.05, 0) is 137 Å². The number of hydrogen-bond acceptors (Lipinski definition) is 7. The van der Waals surface area contributed by atoms with E-state index >= 15 is 0 Å². The van der Waals surface area contributed by atoms with E-state index in [2.05, 4.69) is 58.6 Å². The summed E-state index contributed by atoms with van der Waals surface area (Å²) in [6, 6.07) is 0. The molecule has 7 nitrogen and oxygen atoms in total. The van der Waals surface area contributed by atoms with E-state index in [1.54, 1.807) is 5.57 Å². The molecule has 8 heteroatoms. The van der Waals surface area contributed by atoms with Gasteiger partial charge in [0.25, 0.3) is 5.24 Å². The Morgan fingerprint density at radius 2 is 1.54 bits per heavy atom. The summed E-state index contributed by atoms with van der Waals surface area (Å²) in [7, 11) is 4.06. The SMILES string of the molecule is CCCCCC/C=C\COC(=O)CCCCCCCN(CCCC(=O)O[C@H]1CC[C@@]2(C)C(=CC[C@H]3C4CCC([C@H](C)CCCC(C)C)[C@@]4(C)CCC32)C1)C(=O)SCCN(C)C. The van der Waals surface area contributed by atoms with Crippen molar-refractivity contribution in [2.45, 2.75) is 202 Å². The van der Waals surface area contributed by atoms with Gasteiger partial charge in [0.1, 0.15) is 12.7 Å². The van der Waals surface area contributed by atoms with Gasteiger partial charge in [-0.1, -0.05) is 135 Å². The zero-order chi connectivity index (χ0) is 44.3. The zero-order valence-electron chi connectivity index (χ0n) is 40.6. The van der Waals surface area contributed by atoms with Gasteiger partial charge < -0.3 is 19.3 Å². The largest absolute Gasteiger partial charge is 0.462 e. The maximum atomic E-state index is 13.3. The van der Waals surface area contributed by atoms with Gasteiger partial charge in [0.2, 0.25) is 0 Å². The predicted molar refractivity (Wildman–Crippen MR) is 257 cm³/mol. The lowest BCUT2D eigenvalue weighted by atomic mass is 9.47. The van der Waals surface area contributed by atoms with Gasteiger partial charge in [-0.15, -0.1) is 0 Å². The van der Waals surface area contributed by atoms with Gasteiger partial charge >= 0.3 is 11.9 Å². The minimum absolute atomic E-state index is 0.0251. The van der Waals surface area contributed by atoms with Crippen molar-refractivity contribution >= 4 is 28.9 Å². The summed E-state index contributed by atoms with van der Waals surface area (Å²) in [6.45, 7) is 17.3. The van der Waals surface area contributed by atoms with Crippen LogP contribution >= 0.6 is 11.8 Å². The Hall–Kier alpha value is -1.80. The molecular weight excluding hydrogens is 777 g/mol. The number of rotatable bonds is 28. The molecule has 0 heterocycles. The average Bonchev–Trinajstić information content (AvgIpc) is 3.58. The summed E-state index contributed by atoms with van der Waals surface area (Å²) >= 11 is 1.38. The number of allylic oxidation sites excluding steroid dienone is 2. The minimum Gasteiger partial charge on any atom is -0.462 e. The van der Waals surface area contributed by atoms with Crippen LogP contribution in [0, 0.1) is 46.3 Å². The first-order valence-corrected chi connectivity index (χ1v) is 26.5. The molecule has 0 aliphatic heterocycles. The van der Waals surface area contributed by atoms with Crippen molar-refractivity contribution in [3.63, 3.8) is 0 Å². The molecule has 3 saturated carbocycles. The van der Waals surface area contributed by atoms with Crippen molar-refractivity contribution in [3.05, 3.63) is 23.8 Å². The van der Waals surface area contributed by atoms with Crippen molar-refractivity contribution in [1.82, 2.24) is 9.80 Å². The van der Waals surface area contributed by atoms with E-state index in [-0.39, 0.29) is 28.7 Å². The highest BCUT2D eigenvalue weighted by Crippen LogP contribution is 2.67. The molecule has 0 aromatic carbocycles. The molecule has 0 aromatic heterocycles. The summed E-state index contributed by atoms with van der Waals surface area (Å²) in [4.78, 5) is 42.7. The number of ether oxygens (including phenoxy) is 2. The second-order valence-electron chi connectivity index (χ2n) is 21.2. The Morgan fingerprint density at radius 3 is 2.31 bits per heavy atom. The number of esters is 2. The first kappa shape index (κ1) is 51.8. The monoisotopic (exact) mass is 869 g/mol. The van der Waals surface area contributed by atoms with E-state index in [1.165, 1.54) is 88.8 Å². The number of carbonyl (C=O) groups is 3. The van der Waals surface area contributed by atoms with Crippen LogP contribution in [-0.2, 0) is 19.1 Å². The Morgan fingerprint density at radius 1 is 0.803 bits per heavy atom. The van der Waals surface area contributed by atoms with E-state index in [0.717, 1.165) is 106 Å². The fourth-order valence-electron chi connectivity index (χ4n) is 12.3. The maximum absolute atomic E-state index is 13.3. The van der Waals surface area contributed by atoms with Crippen molar-refractivity contribution < 1.29 is 23.9 Å². The summed E-state index contributed by atoms with van der Waals surface area (Å²) in [6.07, 6.45) is 32.9. The van der Waals surface area contributed by atoms with Crippen LogP contribution in [0.4, 0.5) is 4.79 Å². The standard InChI is InChI=1S/C53H92N2O5S/c1-9-10-11-12-13-17-20-38-59-49(56)25-18-15-14-16-19-35-55(51(58)61-39-37-54(7)8)36-22-26-50(57)60-44-31-33-52(5)43(40-44)27-28-45-47-30-29-46(42(4)24-21-23-41(2)3)53(47,6)34-32-48(45)52/h17,20,27,41-42,44-48H,9-16,18-19,21-26,28-40H2,1-8H3/b20-17-/t42-,44+,45+,46?,47?,48?,52+,53-/m1/s1. The third-order valence-corrected chi connectivity index (χ3v) is 16.8. The van der Waals surface area contributed by atoms with Crippen LogP contribution in [0.3, 0.4) is 0 Å². The van der Waals surface area contributed by atoms with E-state index in [4.69, 9.17) is 9.47 Å². The highest BCUT2D eigenvalue weighted by atomic mass is 32.2. The van der Waals surface area contributed by atoms with Crippen LogP contribution in [0.5, 0.6) is 0 Å². The van der Waals surface area contributed by atoms with Crippen LogP contribution in [0.1, 0.15) is 196 Å². The Labute approximate surface area is 379 Å². The van der Waals surface area contributed by atoms with Crippen LogP contribution in [0.15, 0.2) is 23.8 Å². The van der Waals surface area contributed by atoms with Gasteiger partial charge in [0.05, 0.1) is 0 Å². The molecule has 4 aliphatic rings. The molecule has 0 spiro atoms. The van der Waals surface area contributed by atoms with Crippen molar-refractivity contribution in [2.75, 3.05) is 46.1 Å². The second kappa shape index (κ2) is 26.9. The van der Waals surface area contributed by atoms with E-state index in [0.29, 0.717) is 44.4 Å². The maximum Gasteiger partial charge on any atom is 0.306 e. The number of unbranched alkanes of at least 4 members (excludes halogenated alkanes) is 8. The summed E-state index contributed by atoms with van der Waals surface area (Å²) in [5.41, 5.74) is 2.32. The first-order valence-electron chi connectivity index (χ1n) is 25.5. The number of carbonyl (C=O) groups excluding carboxylic acids is 3. The van der Waals surface area contributed by atoms with Crippen molar-refractivity contribution in [1.29, 1.82) is 0 Å². The normalized spacial score (nSPS) is 27.7. The summed E-state index contributed by atoms with van der Waals surface area (Å²) in [5.74, 6) is 5.49. The lowest BCUT2D eigenvalue weighted by Crippen LogP contribution is -2.51. The number of nitrogens with zero attached hydrogens (tertiary/aromatic N) is 2. The number of fused-ring (bicyclic) bond motifs is 5. The van der Waals surface area contributed by atoms with Gasteiger partial charge in [-0.2, -0.15) is 0 Å². The molecule has 3 fully saturated rings. The molecular formula is C53H92N2O5S. The van der Waals surface area contributed by atoms with E-state index in [1.807, 2.05) is 25.1 Å². The van der Waals surface area contributed by atoms with Crippen molar-refractivity contribution in [2.24, 2.45) is 46.3 Å². The molecule has 4 aliphatic carbocycles. The Balaban J connectivity index is 1.16. The smallest absolute Gasteiger partial charge is 0.306 e. The molecule has 0 saturated heterocycles. The fraction of sp³-hybridized carbons (Fsp3) is 0.868. The topological polar surface area (TPSA) is 76.1 Å². The predicted octanol–water partition coefficient (Wildman–Crippen LogP) is 13.8. The molecule has 1 amide bonds. The molecule has 350 valence electrons. The molecule has 61 heavy (non-hydrogen) atoms. The molecule has 4 rings (SSSR count). The number of thioether (sulfide) groups is 1. The van der Waals surface area contributed by atoms with Crippen molar-refractivity contribution in [3.8, 4) is 0 Å². The lowest BCUT2D eigenvalue weighted by molar-refractivity contribution is -0.151. The highest BCUT2D eigenvalue weighted by molar-refractivity contribution is 8.13. The third-order valence-electron chi connectivity index (χ3n) is 15.9. The first-order chi connectivity index (χ1) is 29.3. The molecule has 0 N–H and O–H groups in total. The van der Waals surface area contributed by atoms with Gasteiger partial charge in [0.15, 0.2) is 0 Å². The molecule has 0 bridgehead atoms. The van der Waals surface area contributed by atoms with Crippen LogP contribution in [-0.4, -0.2) is 79.2 Å². The lowest BCUT2D eigenvalue weighted by Gasteiger charge is -2.58. The number of amides is 1. The average molecular weight is 869 g/mol. The summed E-state index contributed by atoms with van der Waals surface area (Å²) in [5, 5.41) is 0.106. The van der Waals surface area contributed by atoms with Crippen LogP contribution < -0.4 is 0 Å². The van der Waals surface area contributed by atoms with Gasteiger partial charge in [-0.3, -0.25) is 14.4 Å². The van der Waals surface area contributed by atoms with Gasteiger partial charge in [-0.25, -0.2) is 0 Å². The van der Waals surface area contributed by atoms with Crippen LogP contribution in [0.25, 0.3) is 0 Å². The fourth-order valence-corrected chi connectivity index (χ4v) is 13.3.